The quantitative estimate of drug-likeness (QED) is 0.729. The number of H-pyrrole nitrogens is 1. The van der Waals surface area contributed by atoms with Gasteiger partial charge in [-0.3, -0.25) is 14.5 Å². The van der Waals surface area contributed by atoms with Crippen LogP contribution in [0.3, 0.4) is 0 Å². The van der Waals surface area contributed by atoms with Crippen LogP contribution in [0.15, 0.2) is 18.2 Å². The molecule has 1 atom stereocenters. The fourth-order valence-electron chi connectivity index (χ4n) is 3.01. The molecule has 0 saturated carbocycles. The van der Waals surface area contributed by atoms with Crippen molar-refractivity contribution in [2.45, 2.75) is 40.3 Å². The Morgan fingerprint density at radius 2 is 1.88 bits per heavy atom. The first-order valence-electron chi connectivity index (χ1n) is 8.02. The molecule has 0 unspecified atom stereocenters. The molecule has 1 N–H and O–H groups in total. The number of aryl methyl sites for hydroxylation is 1. The molecule has 0 saturated heterocycles. The number of carbonyl (C=O) groups excluding carboxylic acids is 2. The average Bonchev–Trinajstić information content (AvgIpc) is 2.85. The zero-order chi connectivity index (χ0) is 18.9. The molecule has 6 heteroatoms. The number of aromatic amines is 1. The van der Waals surface area contributed by atoms with Gasteiger partial charge in [-0.15, -0.1) is 0 Å². The number of nitrogens with one attached hydrogen (secondary N) is 1. The highest BCUT2D eigenvalue weighted by molar-refractivity contribution is 6.42. The number of hydrogen-bond donors (Lipinski definition) is 1. The maximum absolute atomic E-state index is 12.9. The van der Waals surface area contributed by atoms with E-state index in [1.165, 1.54) is 6.92 Å². The molecule has 2 rings (SSSR count). The number of hydrogen-bond acceptors (Lipinski definition) is 3. The molecule has 1 aromatic heterocycles. The Bertz CT molecular complexity index is 827. The Hall–Kier alpha value is -1.62. The first-order chi connectivity index (χ1) is 11.6. The maximum Gasteiger partial charge on any atom is 0.196 e. The standard InChI is InChI=1S/C19H22Cl2N2O2/c1-10-16(13(4)24)11(2)22-18(10)19(25)12(3)23(5)9-14-7-6-8-15(20)17(14)21/h6-8,12,22H,9H2,1-5H3/t12-/m0/s1. The molecule has 134 valence electrons. The van der Waals surface area contributed by atoms with E-state index in [1.54, 1.807) is 19.9 Å². The Morgan fingerprint density at radius 1 is 1.24 bits per heavy atom. The van der Waals surface area contributed by atoms with E-state index in [1.807, 2.05) is 31.0 Å². The Balaban J connectivity index is 2.24. The van der Waals surface area contributed by atoms with Gasteiger partial charge in [0.15, 0.2) is 11.6 Å². The highest BCUT2D eigenvalue weighted by Crippen LogP contribution is 2.27. The summed E-state index contributed by atoms with van der Waals surface area (Å²) in [7, 11) is 1.86. The van der Waals surface area contributed by atoms with E-state index in [4.69, 9.17) is 23.2 Å². The maximum atomic E-state index is 12.9. The van der Waals surface area contributed by atoms with Crippen molar-refractivity contribution in [1.82, 2.24) is 9.88 Å². The van der Waals surface area contributed by atoms with Crippen molar-refractivity contribution in [2.24, 2.45) is 0 Å². The van der Waals surface area contributed by atoms with Crippen molar-refractivity contribution in [2.75, 3.05) is 7.05 Å². The van der Waals surface area contributed by atoms with E-state index >= 15 is 0 Å². The molecule has 1 heterocycles. The van der Waals surface area contributed by atoms with Crippen LogP contribution in [0, 0.1) is 13.8 Å². The van der Waals surface area contributed by atoms with Crippen molar-refractivity contribution in [3.05, 3.63) is 56.3 Å². The number of carbonyl (C=O) groups is 2. The number of likely N-dealkylation sites (N-methyl/N-ethyl adjacent to an activating group) is 1. The monoisotopic (exact) mass is 380 g/mol. The molecule has 4 nitrogen and oxygen atoms in total. The molecule has 25 heavy (non-hydrogen) atoms. The van der Waals surface area contributed by atoms with E-state index in [9.17, 15) is 9.59 Å². The molecule has 0 bridgehead atoms. The topological polar surface area (TPSA) is 53.2 Å². The SMILES string of the molecule is CC(=O)c1c(C)[nH]c(C(=O)[C@H](C)N(C)Cc2cccc(Cl)c2Cl)c1C. The lowest BCUT2D eigenvalue weighted by Crippen LogP contribution is -2.36. The number of halogens is 2. The number of nitrogens with zero attached hydrogens (tertiary/aromatic N) is 1. The van der Waals surface area contributed by atoms with Crippen LogP contribution < -0.4 is 0 Å². The number of aromatic nitrogens is 1. The highest BCUT2D eigenvalue weighted by Gasteiger charge is 2.26. The van der Waals surface area contributed by atoms with Gasteiger partial charge in [0.1, 0.15) is 0 Å². The largest absolute Gasteiger partial charge is 0.355 e. The van der Waals surface area contributed by atoms with Crippen molar-refractivity contribution in [3.63, 3.8) is 0 Å². The normalized spacial score (nSPS) is 12.5. The molecule has 1 aromatic carbocycles. The molecule has 0 spiro atoms. The van der Waals surface area contributed by atoms with Gasteiger partial charge < -0.3 is 4.98 Å². The van der Waals surface area contributed by atoms with Gasteiger partial charge in [-0.05, 0) is 51.9 Å². The van der Waals surface area contributed by atoms with Crippen molar-refractivity contribution in [3.8, 4) is 0 Å². The Kier molecular flexibility index (Phi) is 6.09. The number of ketones is 2. The molecule has 0 amide bonds. The minimum Gasteiger partial charge on any atom is -0.355 e. The fourth-order valence-corrected chi connectivity index (χ4v) is 3.39. The van der Waals surface area contributed by atoms with Gasteiger partial charge in [-0.1, -0.05) is 35.3 Å². The molecule has 2 aromatic rings. The molecular weight excluding hydrogens is 359 g/mol. The van der Waals surface area contributed by atoms with Crippen LogP contribution in [0.1, 0.15) is 51.5 Å². The van der Waals surface area contributed by atoms with E-state index in [-0.39, 0.29) is 17.6 Å². The highest BCUT2D eigenvalue weighted by atomic mass is 35.5. The van der Waals surface area contributed by atoms with E-state index in [0.29, 0.717) is 33.4 Å². The molecule has 0 aliphatic carbocycles. The van der Waals surface area contributed by atoms with Crippen molar-refractivity contribution in [1.29, 1.82) is 0 Å². The lowest BCUT2D eigenvalue weighted by molar-refractivity contribution is 0.0856. The van der Waals surface area contributed by atoms with Gasteiger partial charge in [0.05, 0.1) is 21.8 Å². The summed E-state index contributed by atoms with van der Waals surface area (Å²) >= 11 is 12.3. The van der Waals surface area contributed by atoms with Gasteiger partial charge in [-0.2, -0.15) is 0 Å². The molecule has 0 radical (unpaired) electrons. The summed E-state index contributed by atoms with van der Waals surface area (Å²) in [6, 6.07) is 5.07. The third-order valence-corrected chi connectivity index (χ3v) is 5.39. The lowest BCUT2D eigenvalue weighted by Gasteiger charge is -2.24. The smallest absolute Gasteiger partial charge is 0.196 e. The van der Waals surface area contributed by atoms with Gasteiger partial charge in [0, 0.05) is 17.8 Å². The Morgan fingerprint density at radius 3 is 2.44 bits per heavy atom. The average molecular weight is 381 g/mol. The van der Waals surface area contributed by atoms with Gasteiger partial charge in [-0.25, -0.2) is 0 Å². The summed E-state index contributed by atoms with van der Waals surface area (Å²) < 4.78 is 0. The first-order valence-corrected chi connectivity index (χ1v) is 8.78. The van der Waals surface area contributed by atoms with Crippen molar-refractivity contribution >= 4 is 34.8 Å². The summed E-state index contributed by atoms with van der Waals surface area (Å²) in [5, 5.41) is 0.995. The van der Waals surface area contributed by atoms with Crippen LogP contribution in [0.2, 0.25) is 10.0 Å². The fraction of sp³-hybridized carbons (Fsp3) is 0.368. The van der Waals surface area contributed by atoms with Crippen LogP contribution in [-0.2, 0) is 6.54 Å². The molecule has 0 aliphatic rings. The van der Waals surface area contributed by atoms with Crippen LogP contribution in [0.25, 0.3) is 0 Å². The van der Waals surface area contributed by atoms with Gasteiger partial charge in [0.2, 0.25) is 0 Å². The molecule has 0 fully saturated rings. The van der Waals surface area contributed by atoms with Gasteiger partial charge >= 0.3 is 0 Å². The zero-order valence-electron chi connectivity index (χ0n) is 15.0. The van der Waals surface area contributed by atoms with Crippen LogP contribution in [0.5, 0.6) is 0 Å². The van der Waals surface area contributed by atoms with Crippen molar-refractivity contribution < 1.29 is 9.59 Å². The number of Topliss-reactive ketones (excluding diaryl/α,β-unsaturated/α-hetero) is 2. The second kappa shape index (κ2) is 7.73. The molecular formula is C19H22Cl2N2O2. The van der Waals surface area contributed by atoms with Crippen LogP contribution in [-0.4, -0.2) is 34.5 Å². The van der Waals surface area contributed by atoms with E-state index in [2.05, 4.69) is 4.98 Å². The summed E-state index contributed by atoms with van der Waals surface area (Å²) in [6.07, 6.45) is 0. The second-order valence-corrected chi connectivity index (χ2v) is 7.13. The van der Waals surface area contributed by atoms with E-state index in [0.717, 1.165) is 11.3 Å². The van der Waals surface area contributed by atoms with E-state index < -0.39 is 0 Å². The second-order valence-electron chi connectivity index (χ2n) is 6.35. The third kappa shape index (κ3) is 3.97. The minimum atomic E-state index is -0.383. The predicted octanol–water partition coefficient (Wildman–Crippen LogP) is 4.84. The predicted molar refractivity (Wildman–Crippen MR) is 102 cm³/mol. The molecule has 0 aliphatic heterocycles. The first kappa shape index (κ1) is 19.7. The minimum absolute atomic E-state index is 0.0444. The number of rotatable bonds is 6. The Labute approximate surface area is 158 Å². The number of benzene rings is 1. The summed E-state index contributed by atoms with van der Waals surface area (Å²) in [4.78, 5) is 29.6. The van der Waals surface area contributed by atoms with Gasteiger partial charge in [0.25, 0.3) is 0 Å². The van der Waals surface area contributed by atoms with Crippen LogP contribution in [0.4, 0.5) is 0 Å². The summed E-state index contributed by atoms with van der Waals surface area (Å²) in [5.41, 5.74) is 3.37. The third-order valence-electron chi connectivity index (χ3n) is 4.53. The summed E-state index contributed by atoms with van der Waals surface area (Å²) in [6.45, 7) is 7.44. The van der Waals surface area contributed by atoms with Crippen LogP contribution >= 0.6 is 23.2 Å². The summed E-state index contributed by atoms with van der Waals surface area (Å²) in [5.74, 6) is -0.106. The zero-order valence-corrected chi connectivity index (χ0v) is 16.5. The lowest BCUT2D eigenvalue weighted by atomic mass is 10.0.